The highest BCUT2D eigenvalue weighted by atomic mass is 16.4. The van der Waals surface area contributed by atoms with Gasteiger partial charge < -0.3 is 8.83 Å². The SMILES string of the molecule is c1cc(-c2nc3cc4oc5ccccc5c4cc3o2)nc(-n2c3ccccc3c3ccccc32)c1. The molecule has 8 rings (SSSR count). The molecular formula is C30H17N3O2. The highest BCUT2D eigenvalue weighted by Crippen LogP contribution is 2.35. The largest absolute Gasteiger partial charge is 0.456 e. The molecular weight excluding hydrogens is 434 g/mol. The van der Waals surface area contributed by atoms with Gasteiger partial charge in [0.25, 0.3) is 0 Å². The summed E-state index contributed by atoms with van der Waals surface area (Å²) in [5.41, 5.74) is 6.02. The van der Waals surface area contributed by atoms with Crippen LogP contribution in [0.15, 0.2) is 112 Å². The number of para-hydroxylation sites is 3. The lowest BCUT2D eigenvalue weighted by molar-refractivity contribution is 0.616. The Morgan fingerprint density at radius 3 is 2.03 bits per heavy atom. The summed E-state index contributed by atoms with van der Waals surface area (Å²) in [5.74, 6) is 1.31. The summed E-state index contributed by atoms with van der Waals surface area (Å²) in [6.45, 7) is 0. The fraction of sp³-hybridized carbons (Fsp3) is 0. The van der Waals surface area contributed by atoms with Crippen LogP contribution in [0.25, 0.3) is 72.2 Å². The van der Waals surface area contributed by atoms with E-state index in [2.05, 4.69) is 59.2 Å². The maximum Gasteiger partial charge on any atom is 0.246 e. The molecule has 0 aliphatic heterocycles. The minimum Gasteiger partial charge on any atom is -0.456 e. The number of hydrogen-bond donors (Lipinski definition) is 0. The first-order valence-corrected chi connectivity index (χ1v) is 11.5. The monoisotopic (exact) mass is 451 g/mol. The number of furan rings is 1. The van der Waals surface area contributed by atoms with Crippen molar-refractivity contribution in [3.05, 3.63) is 103 Å². The van der Waals surface area contributed by atoms with E-state index in [4.69, 9.17) is 18.8 Å². The molecule has 4 aromatic carbocycles. The lowest BCUT2D eigenvalue weighted by Gasteiger charge is -2.07. The van der Waals surface area contributed by atoms with Crippen LogP contribution < -0.4 is 0 Å². The predicted molar refractivity (Wildman–Crippen MR) is 139 cm³/mol. The predicted octanol–water partition coefficient (Wildman–Crippen LogP) is 7.89. The van der Waals surface area contributed by atoms with Crippen LogP contribution in [-0.4, -0.2) is 14.5 Å². The van der Waals surface area contributed by atoms with E-state index in [-0.39, 0.29) is 0 Å². The van der Waals surface area contributed by atoms with E-state index in [1.807, 2.05) is 48.5 Å². The molecule has 0 amide bonds. The first-order valence-electron chi connectivity index (χ1n) is 11.5. The Hall–Kier alpha value is -4.90. The second-order valence-electron chi connectivity index (χ2n) is 8.68. The number of benzene rings is 4. The van der Waals surface area contributed by atoms with Gasteiger partial charge in [0.1, 0.15) is 28.2 Å². The van der Waals surface area contributed by atoms with E-state index in [0.29, 0.717) is 17.2 Å². The van der Waals surface area contributed by atoms with Gasteiger partial charge in [-0.05, 0) is 36.4 Å². The van der Waals surface area contributed by atoms with Crippen molar-refractivity contribution in [2.24, 2.45) is 0 Å². The Morgan fingerprint density at radius 1 is 0.514 bits per heavy atom. The molecule has 5 nitrogen and oxygen atoms in total. The Kier molecular flexibility index (Phi) is 3.60. The van der Waals surface area contributed by atoms with Crippen molar-refractivity contribution in [1.82, 2.24) is 14.5 Å². The molecule has 0 bridgehead atoms. The minimum atomic E-state index is 0.486. The summed E-state index contributed by atoms with van der Waals surface area (Å²) in [6, 6.07) is 34.7. The molecule has 0 radical (unpaired) electrons. The van der Waals surface area contributed by atoms with E-state index in [0.717, 1.165) is 44.3 Å². The summed E-state index contributed by atoms with van der Waals surface area (Å²) >= 11 is 0. The second kappa shape index (κ2) is 6.81. The van der Waals surface area contributed by atoms with Gasteiger partial charge in [-0.1, -0.05) is 60.7 Å². The van der Waals surface area contributed by atoms with Crippen molar-refractivity contribution in [2.45, 2.75) is 0 Å². The third-order valence-corrected chi connectivity index (χ3v) is 6.65. The first kappa shape index (κ1) is 18.5. The lowest BCUT2D eigenvalue weighted by atomic mass is 10.1. The van der Waals surface area contributed by atoms with Crippen molar-refractivity contribution >= 4 is 54.8 Å². The molecule has 0 aliphatic rings. The molecule has 0 aliphatic carbocycles. The number of fused-ring (bicyclic) bond motifs is 7. The fourth-order valence-electron chi connectivity index (χ4n) is 5.09. The van der Waals surface area contributed by atoms with Gasteiger partial charge in [-0.25, -0.2) is 9.97 Å². The average molecular weight is 451 g/mol. The highest BCUT2D eigenvalue weighted by Gasteiger charge is 2.16. The maximum atomic E-state index is 6.20. The van der Waals surface area contributed by atoms with Gasteiger partial charge in [0.15, 0.2) is 5.58 Å². The van der Waals surface area contributed by atoms with Crippen LogP contribution in [0, 0.1) is 0 Å². The fourth-order valence-corrected chi connectivity index (χ4v) is 5.09. The summed E-state index contributed by atoms with van der Waals surface area (Å²) in [6.07, 6.45) is 0. The summed E-state index contributed by atoms with van der Waals surface area (Å²) in [5, 5.41) is 4.48. The number of hydrogen-bond acceptors (Lipinski definition) is 4. The third-order valence-electron chi connectivity index (χ3n) is 6.65. The number of nitrogens with zero attached hydrogens (tertiary/aromatic N) is 3. The van der Waals surface area contributed by atoms with Gasteiger partial charge in [-0.3, -0.25) is 4.57 Å². The van der Waals surface area contributed by atoms with Crippen LogP contribution in [0.4, 0.5) is 0 Å². The van der Waals surface area contributed by atoms with E-state index >= 15 is 0 Å². The van der Waals surface area contributed by atoms with Gasteiger partial charge in [-0.2, -0.15) is 0 Å². The van der Waals surface area contributed by atoms with Crippen molar-refractivity contribution < 1.29 is 8.83 Å². The number of rotatable bonds is 2. The van der Waals surface area contributed by atoms with Crippen LogP contribution in [-0.2, 0) is 0 Å². The quantitative estimate of drug-likeness (QED) is 0.268. The highest BCUT2D eigenvalue weighted by molar-refractivity contribution is 6.10. The lowest BCUT2D eigenvalue weighted by Crippen LogP contribution is -1.98. The zero-order valence-electron chi connectivity index (χ0n) is 18.5. The van der Waals surface area contributed by atoms with Crippen LogP contribution in [0.2, 0.25) is 0 Å². The van der Waals surface area contributed by atoms with Crippen molar-refractivity contribution in [1.29, 1.82) is 0 Å². The minimum absolute atomic E-state index is 0.486. The molecule has 0 fully saturated rings. The van der Waals surface area contributed by atoms with E-state index in [1.165, 1.54) is 10.8 Å². The molecule has 4 aromatic heterocycles. The van der Waals surface area contributed by atoms with Crippen LogP contribution in [0.3, 0.4) is 0 Å². The molecule has 0 saturated heterocycles. The molecule has 164 valence electrons. The van der Waals surface area contributed by atoms with Crippen molar-refractivity contribution in [3.8, 4) is 17.4 Å². The molecule has 5 heteroatoms. The van der Waals surface area contributed by atoms with E-state index in [9.17, 15) is 0 Å². The summed E-state index contributed by atoms with van der Waals surface area (Å²) in [4.78, 5) is 9.72. The van der Waals surface area contributed by atoms with Crippen LogP contribution in [0.5, 0.6) is 0 Å². The van der Waals surface area contributed by atoms with Gasteiger partial charge in [0.2, 0.25) is 5.89 Å². The molecule has 4 heterocycles. The summed E-state index contributed by atoms with van der Waals surface area (Å²) in [7, 11) is 0. The Labute approximate surface area is 198 Å². The van der Waals surface area contributed by atoms with Crippen molar-refractivity contribution in [2.75, 3.05) is 0 Å². The zero-order chi connectivity index (χ0) is 22.9. The Balaban J connectivity index is 1.32. The van der Waals surface area contributed by atoms with E-state index < -0.39 is 0 Å². The third kappa shape index (κ3) is 2.63. The Bertz CT molecular complexity index is 2020. The smallest absolute Gasteiger partial charge is 0.246 e. The molecule has 0 spiro atoms. The number of oxazole rings is 1. The number of aromatic nitrogens is 3. The number of pyridine rings is 1. The van der Waals surface area contributed by atoms with Crippen molar-refractivity contribution in [3.63, 3.8) is 0 Å². The van der Waals surface area contributed by atoms with Crippen LogP contribution >= 0.6 is 0 Å². The van der Waals surface area contributed by atoms with Gasteiger partial charge >= 0.3 is 0 Å². The first-order chi connectivity index (χ1) is 17.3. The van der Waals surface area contributed by atoms with Gasteiger partial charge in [-0.15, -0.1) is 0 Å². The van der Waals surface area contributed by atoms with Gasteiger partial charge in [0, 0.05) is 27.6 Å². The molecule has 8 aromatic rings. The molecule has 0 unspecified atom stereocenters. The Morgan fingerprint density at radius 2 is 1.23 bits per heavy atom. The molecule has 0 N–H and O–H groups in total. The summed E-state index contributed by atoms with van der Waals surface area (Å²) < 4.78 is 14.4. The molecule has 0 atom stereocenters. The second-order valence-corrected chi connectivity index (χ2v) is 8.68. The maximum absolute atomic E-state index is 6.20. The van der Waals surface area contributed by atoms with Crippen LogP contribution in [0.1, 0.15) is 0 Å². The molecule has 0 saturated carbocycles. The molecule has 35 heavy (non-hydrogen) atoms. The average Bonchev–Trinajstić information content (AvgIpc) is 3.58. The topological polar surface area (TPSA) is 57.0 Å². The normalized spacial score (nSPS) is 12.0. The van der Waals surface area contributed by atoms with Gasteiger partial charge in [0.05, 0.1) is 11.0 Å². The standard InChI is InChI=1S/C30H17N3O2/c1-4-12-24-18(8-1)19-9-2-5-13-25(19)33(24)29-15-7-11-22(31-29)30-32-23-17-27-21(16-28(23)35-30)20-10-3-6-14-26(20)34-27/h1-17H. The zero-order valence-corrected chi connectivity index (χ0v) is 18.5. The van der Waals surface area contributed by atoms with E-state index in [1.54, 1.807) is 0 Å².